The van der Waals surface area contributed by atoms with Gasteiger partial charge in [-0.3, -0.25) is 4.79 Å². The molecule has 0 bridgehead atoms. The number of allylic oxidation sites excluding steroid dienone is 6. The first-order valence-corrected chi connectivity index (χ1v) is 30.9. The number of hydrogen-bond acceptors (Lipinski definition) is 10. The van der Waals surface area contributed by atoms with Gasteiger partial charge in [0.25, 0.3) is 0 Å². The minimum absolute atomic E-state index is 0.243. The first kappa shape index (κ1) is 69.3. The van der Waals surface area contributed by atoms with Crippen molar-refractivity contribution in [2.24, 2.45) is 0 Å². The maximum atomic E-state index is 13.2. The second-order valence-corrected chi connectivity index (χ2v) is 21.8. The normalized spacial score (nSPS) is 20.2. The molecule has 73 heavy (non-hydrogen) atoms. The maximum absolute atomic E-state index is 13.2. The molecule has 9 atom stereocenters. The average Bonchev–Trinajstić information content (AvgIpc) is 3.39. The number of hydrogen-bond donors (Lipinski definition) is 8. The Morgan fingerprint density at radius 3 is 1.22 bits per heavy atom. The van der Waals surface area contributed by atoms with Crippen molar-refractivity contribution < 1.29 is 50.0 Å². The molecule has 0 spiro atoms. The van der Waals surface area contributed by atoms with Crippen molar-refractivity contribution in [2.45, 2.75) is 339 Å². The Bertz CT molecular complexity index is 1280. The third-order valence-electron chi connectivity index (χ3n) is 14.9. The highest BCUT2D eigenvalue weighted by molar-refractivity contribution is 5.80. The van der Waals surface area contributed by atoms with Gasteiger partial charge in [-0.05, 0) is 64.2 Å². The monoisotopic (exact) mass is 1040 g/mol. The van der Waals surface area contributed by atoms with E-state index in [0.29, 0.717) is 19.3 Å². The third kappa shape index (κ3) is 39.4. The lowest BCUT2D eigenvalue weighted by molar-refractivity contribution is -0.303. The van der Waals surface area contributed by atoms with E-state index in [2.05, 4.69) is 55.6 Å². The molecule has 1 saturated heterocycles. The van der Waals surface area contributed by atoms with Crippen molar-refractivity contribution >= 4 is 5.91 Å². The zero-order valence-corrected chi connectivity index (χ0v) is 47.1. The standard InChI is InChI=1S/C62H117NO10/c1-3-5-7-9-11-13-15-17-19-21-23-24-25-26-27-28-29-30-31-32-34-35-37-39-41-43-45-47-49-54(65)57(67)53(52-72-62-60(70)59(69)58(68)56(51-64)73-62)63-61(71)55(66)50-48-46-44-42-40-38-36-33-22-20-18-16-14-12-10-8-6-4-2/h29-30,34-35,41,43,53-60,62,64-70H,3-28,31-33,36-40,42,44-52H2,1-2H3,(H,63,71)/b30-29+,35-34+,43-41+. The van der Waals surface area contributed by atoms with Crippen molar-refractivity contribution in [1.82, 2.24) is 5.32 Å². The Hall–Kier alpha value is -1.67. The number of ether oxygens (including phenoxy) is 2. The summed E-state index contributed by atoms with van der Waals surface area (Å²) in [6.45, 7) is 3.47. The fourth-order valence-electron chi connectivity index (χ4n) is 9.89. The predicted molar refractivity (Wildman–Crippen MR) is 302 cm³/mol. The number of aliphatic hydroxyl groups excluding tert-OH is 7. The van der Waals surface area contributed by atoms with Gasteiger partial charge in [0.2, 0.25) is 5.91 Å². The number of carbonyl (C=O) groups is 1. The smallest absolute Gasteiger partial charge is 0.249 e. The summed E-state index contributed by atoms with van der Waals surface area (Å²) >= 11 is 0. The molecular formula is C62H117NO10. The minimum atomic E-state index is -1.67. The van der Waals surface area contributed by atoms with Gasteiger partial charge in [0.05, 0.1) is 25.4 Å². The second-order valence-electron chi connectivity index (χ2n) is 21.8. The van der Waals surface area contributed by atoms with E-state index in [9.17, 15) is 40.5 Å². The summed E-state index contributed by atoms with van der Waals surface area (Å²) in [4.78, 5) is 13.2. The van der Waals surface area contributed by atoms with Crippen LogP contribution in [-0.4, -0.2) is 110 Å². The third-order valence-corrected chi connectivity index (χ3v) is 14.9. The molecule has 9 unspecified atom stereocenters. The summed E-state index contributed by atoms with van der Waals surface area (Å²) in [5.41, 5.74) is 0. The Morgan fingerprint density at radius 2 is 0.822 bits per heavy atom. The van der Waals surface area contributed by atoms with Crippen LogP contribution in [-0.2, 0) is 14.3 Å². The maximum Gasteiger partial charge on any atom is 0.249 e. The molecule has 0 aromatic rings. The topological polar surface area (TPSA) is 189 Å². The van der Waals surface area contributed by atoms with Crippen molar-refractivity contribution in [3.05, 3.63) is 36.5 Å². The van der Waals surface area contributed by atoms with Gasteiger partial charge in [-0.15, -0.1) is 0 Å². The Balaban J connectivity index is 2.31. The summed E-state index contributed by atoms with van der Waals surface area (Å²) in [6.07, 6.45) is 52.1. The molecule has 8 N–H and O–H groups in total. The lowest BCUT2D eigenvalue weighted by atomic mass is 9.98. The first-order chi connectivity index (χ1) is 35.7. The molecule has 11 heteroatoms. The molecule has 1 heterocycles. The van der Waals surface area contributed by atoms with Crippen molar-refractivity contribution in [2.75, 3.05) is 13.2 Å². The van der Waals surface area contributed by atoms with E-state index in [1.807, 2.05) is 0 Å². The molecule has 11 nitrogen and oxygen atoms in total. The van der Waals surface area contributed by atoms with Crippen molar-refractivity contribution in [3.63, 3.8) is 0 Å². The Morgan fingerprint density at radius 1 is 0.466 bits per heavy atom. The van der Waals surface area contributed by atoms with Gasteiger partial charge in [-0.25, -0.2) is 0 Å². The summed E-state index contributed by atoms with van der Waals surface area (Å²) in [7, 11) is 0. The molecule has 0 aromatic heterocycles. The lowest BCUT2D eigenvalue weighted by Crippen LogP contribution is -2.60. The highest BCUT2D eigenvalue weighted by Gasteiger charge is 2.44. The van der Waals surface area contributed by atoms with Crippen LogP contribution in [0.1, 0.15) is 284 Å². The summed E-state index contributed by atoms with van der Waals surface area (Å²) in [5, 5.41) is 76.2. The molecule has 1 rings (SSSR count). The number of nitrogens with one attached hydrogen (secondary N) is 1. The lowest BCUT2D eigenvalue weighted by Gasteiger charge is -2.40. The van der Waals surface area contributed by atoms with Crippen LogP contribution >= 0.6 is 0 Å². The van der Waals surface area contributed by atoms with E-state index in [1.165, 1.54) is 193 Å². The predicted octanol–water partition coefficient (Wildman–Crippen LogP) is 13.5. The van der Waals surface area contributed by atoms with Crippen LogP contribution in [0.15, 0.2) is 36.5 Å². The second kappa shape index (κ2) is 51.1. The van der Waals surface area contributed by atoms with Gasteiger partial charge >= 0.3 is 0 Å². The van der Waals surface area contributed by atoms with Crippen molar-refractivity contribution in [3.8, 4) is 0 Å². The summed E-state index contributed by atoms with van der Waals surface area (Å²) in [5.74, 6) is -0.709. The van der Waals surface area contributed by atoms with Crippen LogP contribution in [0.4, 0.5) is 0 Å². The van der Waals surface area contributed by atoms with Crippen molar-refractivity contribution in [1.29, 1.82) is 0 Å². The molecule has 1 fully saturated rings. The zero-order chi connectivity index (χ0) is 53.3. The molecule has 0 saturated carbocycles. The largest absolute Gasteiger partial charge is 0.394 e. The van der Waals surface area contributed by atoms with Crippen LogP contribution in [0.25, 0.3) is 0 Å². The van der Waals surface area contributed by atoms with Gasteiger partial charge in [0.1, 0.15) is 36.6 Å². The number of rotatable bonds is 53. The van der Waals surface area contributed by atoms with Gasteiger partial charge < -0.3 is 50.5 Å². The molecule has 0 radical (unpaired) electrons. The highest BCUT2D eigenvalue weighted by atomic mass is 16.7. The molecule has 1 amide bonds. The van der Waals surface area contributed by atoms with Gasteiger partial charge in [-0.1, -0.05) is 256 Å². The number of carbonyl (C=O) groups excluding carboxylic acids is 1. The van der Waals surface area contributed by atoms with Crippen LogP contribution < -0.4 is 5.32 Å². The zero-order valence-electron chi connectivity index (χ0n) is 47.1. The Labute approximate surface area is 447 Å². The quantitative estimate of drug-likeness (QED) is 0.0215. The van der Waals surface area contributed by atoms with E-state index < -0.39 is 74.2 Å². The number of unbranched alkanes of at least 4 members (excludes halogenated alkanes) is 35. The van der Waals surface area contributed by atoms with Gasteiger partial charge in [-0.2, -0.15) is 0 Å². The SMILES string of the molecule is CCCCCCCCCCCCCCCCC/C=C/CC/C=C/CC/C=C/CCCC(O)C(O)C(COC1OC(CO)C(O)C(O)C1O)NC(=O)C(O)CCCCCCCCCCCCCCCCCCCC. The fraction of sp³-hybridized carbons (Fsp3) is 0.887. The van der Waals surface area contributed by atoms with Crippen LogP contribution in [0, 0.1) is 0 Å². The van der Waals surface area contributed by atoms with Gasteiger partial charge in [0.15, 0.2) is 6.29 Å². The van der Waals surface area contributed by atoms with E-state index in [-0.39, 0.29) is 12.8 Å². The molecule has 430 valence electrons. The van der Waals surface area contributed by atoms with E-state index in [1.54, 1.807) is 0 Å². The van der Waals surface area contributed by atoms with Crippen LogP contribution in [0.3, 0.4) is 0 Å². The number of amides is 1. The van der Waals surface area contributed by atoms with Gasteiger partial charge in [0, 0.05) is 0 Å². The van der Waals surface area contributed by atoms with Crippen LogP contribution in [0.5, 0.6) is 0 Å². The first-order valence-electron chi connectivity index (χ1n) is 30.9. The summed E-state index contributed by atoms with van der Waals surface area (Å²) in [6, 6.07) is -1.19. The Kier molecular flexibility index (Phi) is 48.5. The molecule has 1 aliphatic heterocycles. The van der Waals surface area contributed by atoms with E-state index in [4.69, 9.17) is 9.47 Å². The minimum Gasteiger partial charge on any atom is -0.394 e. The molecule has 0 aliphatic carbocycles. The molecule has 1 aliphatic rings. The average molecular weight is 1040 g/mol. The van der Waals surface area contributed by atoms with E-state index in [0.717, 1.165) is 44.9 Å². The molecule has 0 aromatic carbocycles. The van der Waals surface area contributed by atoms with E-state index >= 15 is 0 Å². The molecular weight excluding hydrogens is 919 g/mol. The number of aliphatic hydroxyl groups is 7. The van der Waals surface area contributed by atoms with Crippen LogP contribution in [0.2, 0.25) is 0 Å². The highest BCUT2D eigenvalue weighted by Crippen LogP contribution is 2.23. The fourth-order valence-corrected chi connectivity index (χ4v) is 9.89. The summed E-state index contributed by atoms with van der Waals surface area (Å²) < 4.78 is 11.1.